The van der Waals surface area contributed by atoms with Gasteiger partial charge in [0.15, 0.2) is 0 Å². The van der Waals surface area contributed by atoms with Crippen LogP contribution in [0.25, 0.3) is 11.0 Å². The summed E-state index contributed by atoms with van der Waals surface area (Å²) in [5.41, 5.74) is 8.15. The van der Waals surface area contributed by atoms with Crippen LogP contribution >= 0.6 is 0 Å². The van der Waals surface area contributed by atoms with Crippen LogP contribution in [0.1, 0.15) is 33.2 Å². The zero-order valence-electron chi connectivity index (χ0n) is 13.1. The Morgan fingerprint density at radius 2 is 2.19 bits per heavy atom. The average molecular weight is 289 g/mol. The third kappa shape index (κ3) is 2.07. The van der Waals surface area contributed by atoms with Gasteiger partial charge in [-0.3, -0.25) is 0 Å². The van der Waals surface area contributed by atoms with Crippen molar-refractivity contribution in [1.29, 1.82) is 0 Å². The summed E-state index contributed by atoms with van der Waals surface area (Å²) in [6, 6.07) is 6.22. The SMILES string of the molecule is CCOC1CC(n2c(N)nc3cc(OC)ccc32)C1(C)C. The summed E-state index contributed by atoms with van der Waals surface area (Å²) < 4.78 is 13.2. The molecule has 1 saturated carbocycles. The van der Waals surface area contributed by atoms with Crippen molar-refractivity contribution in [2.75, 3.05) is 19.5 Å². The molecular weight excluding hydrogens is 266 g/mol. The number of aromatic nitrogens is 2. The zero-order valence-corrected chi connectivity index (χ0v) is 13.1. The van der Waals surface area contributed by atoms with Gasteiger partial charge in [-0.2, -0.15) is 0 Å². The highest BCUT2D eigenvalue weighted by Gasteiger charge is 2.50. The van der Waals surface area contributed by atoms with Crippen LogP contribution < -0.4 is 10.5 Å². The molecule has 0 radical (unpaired) electrons. The lowest BCUT2D eigenvalue weighted by molar-refractivity contribution is -0.126. The molecule has 0 aliphatic heterocycles. The van der Waals surface area contributed by atoms with Crippen molar-refractivity contribution >= 4 is 17.0 Å². The standard InChI is InChI=1S/C16H23N3O2/c1-5-21-14-9-13(16(14,2)3)19-12-7-6-10(20-4)8-11(12)18-15(19)17/h6-8,13-14H,5,9H2,1-4H3,(H2,17,18). The molecule has 1 aromatic heterocycles. The lowest BCUT2D eigenvalue weighted by atomic mass is 9.64. The third-order valence-electron chi connectivity index (χ3n) is 4.73. The van der Waals surface area contributed by atoms with E-state index in [0.717, 1.165) is 29.8 Å². The first-order chi connectivity index (χ1) is 9.98. The van der Waals surface area contributed by atoms with Gasteiger partial charge in [-0.05, 0) is 25.5 Å². The van der Waals surface area contributed by atoms with E-state index in [4.69, 9.17) is 15.2 Å². The summed E-state index contributed by atoms with van der Waals surface area (Å²) in [4.78, 5) is 4.48. The molecule has 0 bridgehead atoms. The van der Waals surface area contributed by atoms with E-state index in [1.165, 1.54) is 0 Å². The number of nitrogens with two attached hydrogens (primary N) is 1. The Morgan fingerprint density at radius 3 is 2.81 bits per heavy atom. The van der Waals surface area contributed by atoms with Gasteiger partial charge < -0.3 is 19.8 Å². The first kappa shape index (κ1) is 14.2. The molecule has 3 rings (SSSR count). The largest absolute Gasteiger partial charge is 0.497 e. The second-order valence-electron chi connectivity index (χ2n) is 6.21. The number of benzene rings is 1. The first-order valence-corrected chi connectivity index (χ1v) is 7.42. The highest BCUT2D eigenvalue weighted by atomic mass is 16.5. The van der Waals surface area contributed by atoms with E-state index < -0.39 is 0 Å². The van der Waals surface area contributed by atoms with Crippen LogP contribution in [0.5, 0.6) is 5.75 Å². The van der Waals surface area contributed by atoms with Crippen molar-refractivity contribution in [3.05, 3.63) is 18.2 Å². The van der Waals surface area contributed by atoms with Crippen LogP contribution in [-0.2, 0) is 4.74 Å². The van der Waals surface area contributed by atoms with Crippen molar-refractivity contribution < 1.29 is 9.47 Å². The molecule has 1 aliphatic rings. The molecule has 1 aliphatic carbocycles. The minimum absolute atomic E-state index is 0.0533. The Hall–Kier alpha value is -1.75. The van der Waals surface area contributed by atoms with Crippen LogP contribution in [0.15, 0.2) is 18.2 Å². The van der Waals surface area contributed by atoms with Crippen molar-refractivity contribution in [3.8, 4) is 5.75 Å². The number of fused-ring (bicyclic) bond motifs is 1. The van der Waals surface area contributed by atoms with Gasteiger partial charge in [-0.15, -0.1) is 0 Å². The van der Waals surface area contributed by atoms with Gasteiger partial charge in [0.25, 0.3) is 0 Å². The van der Waals surface area contributed by atoms with Gasteiger partial charge in [0.1, 0.15) is 5.75 Å². The van der Waals surface area contributed by atoms with Gasteiger partial charge in [0, 0.05) is 24.1 Å². The molecule has 1 heterocycles. The fourth-order valence-corrected chi connectivity index (χ4v) is 3.34. The Bertz CT molecular complexity index is 663. The molecule has 2 aromatic rings. The second-order valence-corrected chi connectivity index (χ2v) is 6.21. The molecule has 5 heteroatoms. The fourth-order valence-electron chi connectivity index (χ4n) is 3.34. The molecule has 5 nitrogen and oxygen atoms in total. The minimum atomic E-state index is 0.0533. The second kappa shape index (κ2) is 4.91. The van der Waals surface area contributed by atoms with Gasteiger partial charge in [-0.1, -0.05) is 13.8 Å². The lowest BCUT2D eigenvalue weighted by Crippen LogP contribution is -2.51. The van der Waals surface area contributed by atoms with Crippen molar-refractivity contribution in [1.82, 2.24) is 9.55 Å². The predicted octanol–water partition coefficient (Wildman–Crippen LogP) is 3.00. The normalized spacial score (nSPS) is 24.0. The predicted molar refractivity (Wildman–Crippen MR) is 83.5 cm³/mol. The number of hydrogen-bond acceptors (Lipinski definition) is 4. The molecule has 2 unspecified atom stereocenters. The van der Waals surface area contributed by atoms with E-state index >= 15 is 0 Å². The first-order valence-electron chi connectivity index (χ1n) is 7.42. The Kier molecular flexibility index (Phi) is 3.32. The van der Waals surface area contributed by atoms with Crippen molar-refractivity contribution in [2.24, 2.45) is 5.41 Å². The monoisotopic (exact) mass is 289 g/mol. The number of nitrogen functional groups attached to an aromatic ring is 1. The number of hydrogen-bond donors (Lipinski definition) is 1. The highest BCUT2D eigenvalue weighted by Crippen LogP contribution is 2.52. The minimum Gasteiger partial charge on any atom is -0.497 e. The topological polar surface area (TPSA) is 62.3 Å². The maximum Gasteiger partial charge on any atom is 0.201 e. The summed E-state index contributed by atoms with van der Waals surface area (Å²) >= 11 is 0. The summed E-state index contributed by atoms with van der Waals surface area (Å²) in [5.74, 6) is 1.36. The van der Waals surface area contributed by atoms with Gasteiger partial charge in [0.2, 0.25) is 5.95 Å². The molecule has 0 saturated heterocycles. The maximum absolute atomic E-state index is 6.17. The van der Waals surface area contributed by atoms with Gasteiger partial charge in [0.05, 0.1) is 24.2 Å². The van der Waals surface area contributed by atoms with E-state index in [0.29, 0.717) is 12.0 Å². The van der Waals surface area contributed by atoms with Crippen LogP contribution in [-0.4, -0.2) is 29.4 Å². The van der Waals surface area contributed by atoms with Gasteiger partial charge >= 0.3 is 0 Å². The van der Waals surface area contributed by atoms with Crippen LogP contribution in [0.2, 0.25) is 0 Å². The smallest absolute Gasteiger partial charge is 0.201 e. The molecular formula is C16H23N3O2. The molecule has 2 atom stereocenters. The van der Waals surface area contributed by atoms with E-state index in [1.807, 2.05) is 25.1 Å². The Balaban J connectivity index is 2.00. The molecule has 2 N–H and O–H groups in total. The van der Waals surface area contributed by atoms with E-state index in [9.17, 15) is 0 Å². The number of nitrogens with zero attached hydrogens (tertiary/aromatic N) is 2. The lowest BCUT2D eigenvalue weighted by Gasteiger charge is -2.52. The van der Waals surface area contributed by atoms with Gasteiger partial charge in [-0.25, -0.2) is 4.98 Å². The maximum atomic E-state index is 6.17. The van der Waals surface area contributed by atoms with Crippen molar-refractivity contribution in [3.63, 3.8) is 0 Å². The summed E-state index contributed by atoms with van der Waals surface area (Å²) in [6.45, 7) is 7.25. The fraction of sp³-hybridized carbons (Fsp3) is 0.562. The average Bonchev–Trinajstić information content (AvgIpc) is 2.77. The quantitative estimate of drug-likeness (QED) is 0.940. The summed E-state index contributed by atoms with van der Waals surface area (Å²) in [5, 5.41) is 0. The number of methoxy groups -OCH3 is 1. The van der Waals surface area contributed by atoms with Crippen molar-refractivity contribution in [2.45, 2.75) is 39.3 Å². The third-order valence-corrected chi connectivity index (χ3v) is 4.73. The summed E-state index contributed by atoms with van der Waals surface area (Å²) in [6.07, 6.45) is 1.25. The molecule has 1 aromatic carbocycles. The van der Waals surface area contributed by atoms with E-state index in [2.05, 4.69) is 23.4 Å². The molecule has 0 spiro atoms. The summed E-state index contributed by atoms with van der Waals surface area (Å²) in [7, 11) is 1.66. The Labute approximate surface area is 125 Å². The van der Waals surface area contributed by atoms with Crippen LogP contribution in [0, 0.1) is 5.41 Å². The Morgan fingerprint density at radius 1 is 1.43 bits per heavy atom. The van der Waals surface area contributed by atoms with E-state index in [-0.39, 0.29) is 11.5 Å². The number of rotatable bonds is 4. The van der Waals surface area contributed by atoms with E-state index in [1.54, 1.807) is 7.11 Å². The molecule has 114 valence electrons. The van der Waals surface area contributed by atoms with Crippen LogP contribution in [0.4, 0.5) is 5.95 Å². The molecule has 0 amide bonds. The zero-order chi connectivity index (χ0) is 15.2. The molecule has 1 fully saturated rings. The molecule has 21 heavy (non-hydrogen) atoms. The highest BCUT2D eigenvalue weighted by molar-refractivity contribution is 5.80. The number of ether oxygens (including phenoxy) is 2. The number of anilines is 1. The number of imidazole rings is 1. The van der Waals surface area contributed by atoms with Crippen LogP contribution in [0.3, 0.4) is 0 Å².